The van der Waals surface area contributed by atoms with Gasteiger partial charge in [-0.1, -0.05) is 6.42 Å². The Morgan fingerprint density at radius 3 is 1.88 bits per heavy atom. The first-order chi connectivity index (χ1) is 6.68. The molecule has 16 heavy (non-hydrogen) atoms. The predicted octanol–water partition coefficient (Wildman–Crippen LogP) is -0.327. The van der Waals surface area contributed by atoms with Crippen molar-refractivity contribution in [1.82, 2.24) is 0 Å². The van der Waals surface area contributed by atoms with Crippen LogP contribution in [0.4, 0.5) is 0 Å². The Balaban J connectivity index is -0.000000242. The van der Waals surface area contributed by atoms with Gasteiger partial charge in [0.05, 0.1) is 28.2 Å². The van der Waals surface area contributed by atoms with E-state index in [1.54, 1.807) is 0 Å². The number of carbonyl (C=O) groups is 1. The van der Waals surface area contributed by atoms with Gasteiger partial charge in [-0.3, -0.25) is 4.79 Å². The van der Waals surface area contributed by atoms with Crippen LogP contribution in [0, 0.1) is 0 Å². The smallest absolute Gasteiger partial charge is 0.320 e. The van der Waals surface area contributed by atoms with E-state index in [0.717, 1.165) is 17.3 Å². The molecule has 0 radical (unpaired) electrons. The first-order valence-corrected chi connectivity index (χ1v) is 5.16. The van der Waals surface area contributed by atoms with E-state index in [1.807, 2.05) is 0 Å². The van der Waals surface area contributed by atoms with Crippen LogP contribution in [0.3, 0.4) is 0 Å². The molecule has 0 saturated heterocycles. The lowest BCUT2D eigenvalue weighted by atomic mass is 10.1. The fourth-order valence-electron chi connectivity index (χ4n) is 0.632. The summed E-state index contributed by atoms with van der Waals surface area (Å²) in [6, 6.07) is -0.716. The van der Waals surface area contributed by atoms with Crippen molar-refractivity contribution in [2.24, 2.45) is 11.5 Å². The van der Waals surface area contributed by atoms with Crippen LogP contribution in [-0.4, -0.2) is 61.8 Å². The van der Waals surface area contributed by atoms with Crippen LogP contribution in [0.25, 0.3) is 0 Å². The highest BCUT2D eigenvalue weighted by Crippen LogP contribution is 1.96. The molecule has 100 valence electrons. The lowest BCUT2D eigenvalue weighted by Crippen LogP contribution is -2.29. The molecular weight excluding hydrogens is 210 g/mol. The van der Waals surface area contributed by atoms with Gasteiger partial charge in [0.1, 0.15) is 6.04 Å². The summed E-state index contributed by atoms with van der Waals surface area (Å²) in [4.78, 5) is 10.1. The van der Waals surface area contributed by atoms with E-state index in [-0.39, 0.29) is 5.48 Å². The number of nitrogens with two attached hydrogens (primary N) is 2. The third kappa shape index (κ3) is 29.2. The van der Waals surface area contributed by atoms with Gasteiger partial charge in [-0.05, 0) is 19.4 Å². The number of unbranched alkanes of at least 4 members (excludes halogenated alkanes) is 1. The second kappa shape index (κ2) is 10.8. The zero-order valence-corrected chi connectivity index (χ0v) is 10.8. The number of nitrogens with zero attached hydrogens (tertiary/aromatic N) is 1. The highest BCUT2D eigenvalue weighted by Gasteiger charge is 2.09. The monoisotopic (exact) mass is 237 g/mol. The number of rotatable bonds is 5. The van der Waals surface area contributed by atoms with E-state index in [4.69, 9.17) is 16.6 Å². The van der Waals surface area contributed by atoms with Gasteiger partial charge in [-0.25, -0.2) is 0 Å². The van der Waals surface area contributed by atoms with Crippen molar-refractivity contribution in [3.05, 3.63) is 0 Å². The Kier molecular flexibility index (Phi) is 14.0. The topological polar surface area (TPSA) is 119 Å². The summed E-state index contributed by atoms with van der Waals surface area (Å²) in [5.41, 5.74) is 10.4. The number of hydrogen-bond donors (Lipinski definition) is 3. The normalized spacial score (nSPS) is 11.9. The standard InChI is InChI=1S/C6H14N2O2.C4H12N.H2O/c7-4-2-1-3-5(8)6(9)10;1-5(2,3)4;/h5H,1-4,7-8H2,(H,9,10);1-4H3;1H2/q;+1;/p-1. The summed E-state index contributed by atoms with van der Waals surface area (Å²) >= 11 is 0. The Labute approximate surface area is 98.1 Å². The quantitative estimate of drug-likeness (QED) is 0.447. The largest absolute Gasteiger partial charge is 0.870 e. The SMILES string of the molecule is C[N+](C)(C)C.NCCCCC(N)C(=O)O.[OH-]. The number of carboxylic acid groups (broad SMARTS) is 1. The molecule has 0 aromatic carbocycles. The summed E-state index contributed by atoms with van der Waals surface area (Å²) in [5, 5.41) is 8.33. The van der Waals surface area contributed by atoms with Crippen LogP contribution in [0.2, 0.25) is 0 Å². The van der Waals surface area contributed by atoms with Gasteiger partial charge in [0.2, 0.25) is 0 Å². The fraction of sp³-hybridized carbons (Fsp3) is 0.900. The van der Waals surface area contributed by atoms with Gasteiger partial charge in [0.15, 0.2) is 0 Å². The first-order valence-electron chi connectivity index (χ1n) is 5.16. The number of aliphatic carboxylic acids is 1. The first kappa shape index (κ1) is 20.7. The Morgan fingerprint density at radius 1 is 1.25 bits per heavy atom. The molecule has 1 atom stereocenters. The molecule has 0 fully saturated rings. The zero-order valence-electron chi connectivity index (χ0n) is 10.8. The molecule has 0 amide bonds. The van der Waals surface area contributed by atoms with E-state index in [0.29, 0.717) is 13.0 Å². The van der Waals surface area contributed by atoms with Gasteiger partial charge >= 0.3 is 5.97 Å². The third-order valence-corrected chi connectivity index (χ3v) is 1.29. The average Bonchev–Trinajstić information content (AvgIpc) is 2.01. The second-order valence-corrected chi connectivity index (χ2v) is 4.91. The molecule has 0 rings (SSSR count). The molecular formula is C10H27N3O3. The Hall–Kier alpha value is -0.690. The van der Waals surface area contributed by atoms with Crippen LogP contribution in [0.1, 0.15) is 19.3 Å². The molecule has 0 saturated carbocycles. The summed E-state index contributed by atoms with van der Waals surface area (Å²) in [6.07, 6.45) is 2.16. The van der Waals surface area contributed by atoms with Gasteiger partial charge in [0, 0.05) is 0 Å². The van der Waals surface area contributed by atoms with Crippen LogP contribution in [0.15, 0.2) is 0 Å². The zero-order chi connectivity index (χ0) is 12.5. The highest BCUT2D eigenvalue weighted by atomic mass is 16.4. The van der Waals surface area contributed by atoms with Crippen LogP contribution >= 0.6 is 0 Å². The molecule has 0 bridgehead atoms. The van der Waals surface area contributed by atoms with Crippen LogP contribution in [-0.2, 0) is 4.79 Å². The molecule has 0 aromatic heterocycles. The van der Waals surface area contributed by atoms with Crippen molar-refractivity contribution in [3.8, 4) is 0 Å². The molecule has 0 aromatic rings. The van der Waals surface area contributed by atoms with E-state index in [1.165, 1.54) is 0 Å². The van der Waals surface area contributed by atoms with Gasteiger partial charge in [-0.15, -0.1) is 0 Å². The number of quaternary nitrogens is 1. The lowest BCUT2D eigenvalue weighted by molar-refractivity contribution is -0.849. The van der Waals surface area contributed by atoms with Gasteiger partial charge in [0.25, 0.3) is 0 Å². The number of hydrogen-bond acceptors (Lipinski definition) is 4. The van der Waals surface area contributed by atoms with Crippen molar-refractivity contribution in [3.63, 3.8) is 0 Å². The van der Waals surface area contributed by atoms with E-state index >= 15 is 0 Å². The highest BCUT2D eigenvalue weighted by molar-refractivity contribution is 5.72. The lowest BCUT2D eigenvalue weighted by Gasteiger charge is -2.14. The van der Waals surface area contributed by atoms with Crippen molar-refractivity contribution in [2.75, 3.05) is 34.7 Å². The minimum absolute atomic E-state index is 0. The molecule has 0 aliphatic rings. The summed E-state index contributed by atoms with van der Waals surface area (Å²) in [6.45, 7) is 0.604. The molecule has 1 unspecified atom stereocenters. The molecule has 0 spiro atoms. The Morgan fingerprint density at radius 2 is 1.62 bits per heavy atom. The molecule has 6 heteroatoms. The minimum atomic E-state index is -0.933. The molecule has 6 nitrogen and oxygen atoms in total. The molecule has 0 heterocycles. The van der Waals surface area contributed by atoms with Crippen LogP contribution < -0.4 is 11.5 Å². The molecule has 0 aliphatic carbocycles. The predicted molar refractivity (Wildman–Crippen MR) is 64.4 cm³/mol. The van der Waals surface area contributed by atoms with Crippen LogP contribution in [0.5, 0.6) is 0 Å². The van der Waals surface area contributed by atoms with Crippen molar-refractivity contribution in [2.45, 2.75) is 25.3 Å². The second-order valence-electron chi connectivity index (χ2n) is 4.91. The third-order valence-electron chi connectivity index (χ3n) is 1.29. The molecule has 0 aliphatic heterocycles. The van der Waals surface area contributed by atoms with Crippen molar-refractivity contribution < 1.29 is 19.9 Å². The average molecular weight is 237 g/mol. The van der Waals surface area contributed by atoms with E-state index in [9.17, 15) is 4.79 Å². The van der Waals surface area contributed by atoms with E-state index in [2.05, 4.69) is 28.2 Å². The van der Waals surface area contributed by atoms with Crippen molar-refractivity contribution in [1.29, 1.82) is 0 Å². The summed E-state index contributed by atoms with van der Waals surface area (Å²) in [7, 11) is 8.50. The fourth-order valence-corrected chi connectivity index (χ4v) is 0.632. The summed E-state index contributed by atoms with van der Waals surface area (Å²) in [5.74, 6) is -0.933. The maximum absolute atomic E-state index is 10.1. The van der Waals surface area contributed by atoms with E-state index < -0.39 is 12.0 Å². The maximum Gasteiger partial charge on any atom is 0.320 e. The summed E-state index contributed by atoms with van der Waals surface area (Å²) < 4.78 is 1.00. The number of carboxylic acids is 1. The Bertz CT molecular complexity index is 163. The van der Waals surface area contributed by atoms with Gasteiger partial charge < -0.3 is 26.5 Å². The minimum Gasteiger partial charge on any atom is -0.870 e. The molecule has 6 N–H and O–H groups in total. The van der Waals surface area contributed by atoms with Crippen molar-refractivity contribution >= 4 is 5.97 Å². The maximum atomic E-state index is 10.1. The van der Waals surface area contributed by atoms with Gasteiger partial charge in [-0.2, -0.15) is 0 Å².